The lowest BCUT2D eigenvalue weighted by molar-refractivity contribution is 0.0137. The Balaban J connectivity index is 1.97. The predicted molar refractivity (Wildman–Crippen MR) is 80.3 cm³/mol. The van der Waals surface area contributed by atoms with Gasteiger partial charge in [0.25, 0.3) is 0 Å². The molecule has 1 aromatic carbocycles. The maximum atomic E-state index is 12.8. The number of fused-ring (bicyclic) bond motifs is 1. The monoisotopic (exact) mass is 377 g/mol. The molecule has 1 saturated heterocycles. The third-order valence-corrected chi connectivity index (χ3v) is 6.30. The number of nitrogens with zero attached hydrogens (tertiary/aromatic N) is 3. The van der Waals surface area contributed by atoms with Gasteiger partial charge >= 0.3 is 0 Å². The van der Waals surface area contributed by atoms with Crippen LogP contribution in [-0.4, -0.2) is 43.9 Å². The molecule has 2 heterocycles. The first-order chi connectivity index (χ1) is 9.63. The Morgan fingerprint density at radius 1 is 1.45 bits per heavy atom. The Morgan fingerprint density at radius 2 is 2.30 bits per heavy atom. The van der Waals surface area contributed by atoms with Crippen LogP contribution >= 0.6 is 15.9 Å². The van der Waals surface area contributed by atoms with E-state index in [0.29, 0.717) is 36.4 Å². The molecule has 0 bridgehead atoms. The first kappa shape index (κ1) is 14.3. The Labute approximate surface area is 129 Å². The molecule has 0 radical (unpaired) electrons. The summed E-state index contributed by atoms with van der Waals surface area (Å²) in [4.78, 5) is 0.221. The number of halogens is 1. The lowest BCUT2D eigenvalue weighted by atomic mass is 10.3. The fourth-order valence-electron chi connectivity index (χ4n) is 2.13. The van der Waals surface area contributed by atoms with E-state index in [1.807, 2.05) is 0 Å². The first-order valence-electron chi connectivity index (χ1n) is 6.02. The molecule has 0 N–H and O–H groups in total. The van der Waals surface area contributed by atoms with Crippen molar-refractivity contribution in [3.8, 4) is 0 Å². The second-order valence-electron chi connectivity index (χ2n) is 4.40. The van der Waals surface area contributed by atoms with Crippen molar-refractivity contribution in [3.05, 3.63) is 18.2 Å². The van der Waals surface area contributed by atoms with Crippen molar-refractivity contribution in [1.82, 2.24) is 4.31 Å². The summed E-state index contributed by atoms with van der Waals surface area (Å²) in [6.07, 6.45) is -0.119. The highest BCUT2D eigenvalue weighted by Crippen LogP contribution is 2.38. The molecule has 1 fully saturated rings. The molecule has 6 nitrogen and oxygen atoms in total. The molecule has 1 unspecified atom stereocenters. The number of ether oxygens (including phenoxy) is 1. The molecule has 0 amide bonds. The summed E-state index contributed by atoms with van der Waals surface area (Å²) in [5.74, 6) is 0. The molecule has 1 atom stereocenters. The van der Waals surface area contributed by atoms with Crippen LogP contribution in [0, 0.1) is 0 Å². The number of hydrogen-bond donors (Lipinski definition) is 0. The lowest BCUT2D eigenvalue weighted by Gasteiger charge is -2.31. The van der Waals surface area contributed by atoms with Gasteiger partial charge in [0.1, 0.15) is 16.3 Å². The number of morpholine rings is 1. The quantitative estimate of drug-likeness (QED) is 0.769. The van der Waals surface area contributed by atoms with E-state index in [2.05, 4.69) is 24.7 Å². The van der Waals surface area contributed by atoms with Gasteiger partial charge in [0.05, 0.1) is 24.1 Å². The molecule has 2 aliphatic rings. The van der Waals surface area contributed by atoms with Gasteiger partial charge in [-0.05, 0) is 12.1 Å². The van der Waals surface area contributed by atoms with Crippen LogP contribution in [0.15, 0.2) is 31.8 Å². The third-order valence-electron chi connectivity index (χ3n) is 3.14. The van der Waals surface area contributed by atoms with Crippen molar-refractivity contribution in [2.75, 3.05) is 25.0 Å². The van der Waals surface area contributed by atoms with E-state index in [0.717, 1.165) is 11.4 Å². The summed E-state index contributed by atoms with van der Waals surface area (Å²) in [6.45, 7) is 1.11. The molecule has 0 aromatic heterocycles. The van der Waals surface area contributed by atoms with E-state index < -0.39 is 10.0 Å². The minimum Gasteiger partial charge on any atom is -0.375 e. The number of benzene rings is 1. The standard InChI is InChI=1S/C11H12BrN3O3S2/c12-6-8-7-15(4-5-18-8)20(16,17)10-3-1-2-9-11(10)14-19-13-9/h1-3,8H,4-7H2. The summed E-state index contributed by atoms with van der Waals surface area (Å²) in [5, 5.41) is 0.613. The lowest BCUT2D eigenvalue weighted by Crippen LogP contribution is -2.46. The molecule has 20 heavy (non-hydrogen) atoms. The summed E-state index contributed by atoms with van der Waals surface area (Å²) < 4.78 is 40.6. The number of rotatable bonds is 3. The highest BCUT2D eigenvalue weighted by molar-refractivity contribution is 9.09. The van der Waals surface area contributed by atoms with Crippen LogP contribution < -0.4 is 0 Å². The molecule has 1 aromatic rings. The van der Waals surface area contributed by atoms with Crippen molar-refractivity contribution in [2.45, 2.75) is 11.0 Å². The van der Waals surface area contributed by atoms with Crippen molar-refractivity contribution >= 4 is 48.7 Å². The SMILES string of the molecule is O=S(=O)(c1cccc2c1N=S=N2)N1CCOC(CBr)C1. The van der Waals surface area contributed by atoms with Crippen LogP contribution in [0.4, 0.5) is 11.4 Å². The maximum Gasteiger partial charge on any atom is 0.245 e. The van der Waals surface area contributed by atoms with E-state index >= 15 is 0 Å². The van der Waals surface area contributed by atoms with Crippen LogP contribution in [0.3, 0.4) is 0 Å². The first-order valence-corrected chi connectivity index (χ1v) is 9.31. The Hall–Kier alpha value is -0.610. The molecule has 3 rings (SSSR count). The molecular weight excluding hydrogens is 366 g/mol. The van der Waals surface area contributed by atoms with Crippen LogP contribution in [0.25, 0.3) is 0 Å². The van der Waals surface area contributed by atoms with Crippen LogP contribution in [0.5, 0.6) is 0 Å². The average molecular weight is 378 g/mol. The average Bonchev–Trinajstić information content (AvgIpc) is 2.95. The fourth-order valence-corrected chi connectivity index (χ4v) is 4.73. The fraction of sp³-hybridized carbons (Fsp3) is 0.455. The molecule has 2 aliphatic heterocycles. The van der Waals surface area contributed by atoms with Crippen molar-refractivity contribution in [3.63, 3.8) is 0 Å². The third kappa shape index (κ3) is 2.48. The van der Waals surface area contributed by atoms with E-state index in [1.165, 1.54) is 4.31 Å². The van der Waals surface area contributed by atoms with Gasteiger partial charge in [0, 0.05) is 18.4 Å². The minimum atomic E-state index is -3.56. The van der Waals surface area contributed by atoms with E-state index in [1.54, 1.807) is 18.2 Å². The zero-order valence-corrected chi connectivity index (χ0v) is 13.6. The maximum absolute atomic E-state index is 12.8. The highest BCUT2D eigenvalue weighted by Gasteiger charge is 2.33. The van der Waals surface area contributed by atoms with E-state index in [4.69, 9.17) is 4.74 Å². The van der Waals surface area contributed by atoms with Crippen LogP contribution in [-0.2, 0) is 26.1 Å². The smallest absolute Gasteiger partial charge is 0.245 e. The van der Waals surface area contributed by atoms with Gasteiger partial charge in [-0.3, -0.25) is 0 Å². The highest BCUT2D eigenvalue weighted by atomic mass is 79.9. The molecule has 0 saturated carbocycles. The van der Waals surface area contributed by atoms with Crippen molar-refractivity contribution < 1.29 is 13.2 Å². The second kappa shape index (κ2) is 5.64. The van der Waals surface area contributed by atoms with Gasteiger partial charge in [0.2, 0.25) is 10.0 Å². The van der Waals surface area contributed by atoms with Crippen LogP contribution in [0.1, 0.15) is 0 Å². The van der Waals surface area contributed by atoms with Crippen molar-refractivity contribution in [1.29, 1.82) is 0 Å². The van der Waals surface area contributed by atoms with Crippen LogP contribution in [0.2, 0.25) is 0 Å². The minimum absolute atomic E-state index is 0.119. The predicted octanol–water partition coefficient (Wildman–Crippen LogP) is 2.20. The van der Waals surface area contributed by atoms with Gasteiger partial charge in [-0.25, -0.2) is 8.42 Å². The number of hydrogen-bond acceptors (Lipinski definition) is 5. The summed E-state index contributed by atoms with van der Waals surface area (Å²) in [6, 6.07) is 5.04. The molecular formula is C11H12BrN3O3S2. The Bertz CT molecular complexity index is 701. The van der Waals surface area contributed by atoms with Crippen molar-refractivity contribution in [2.24, 2.45) is 8.73 Å². The van der Waals surface area contributed by atoms with E-state index in [9.17, 15) is 8.42 Å². The molecule has 0 spiro atoms. The van der Waals surface area contributed by atoms with Gasteiger partial charge in [0.15, 0.2) is 0 Å². The second-order valence-corrected chi connectivity index (χ2v) is 7.48. The van der Waals surface area contributed by atoms with E-state index in [-0.39, 0.29) is 11.0 Å². The molecule has 9 heteroatoms. The topological polar surface area (TPSA) is 71.3 Å². The van der Waals surface area contributed by atoms with Gasteiger partial charge in [-0.1, -0.05) is 22.0 Å². The molecule has 0 aliphatic carbocycles. The summed E-state index contributed by atoms with van der Waals surface area (Å²) in [5.41, 5.74) is 1.06. The number of alkyl halides is 1. The largest absolute Gasteiger partial charge is 0.375 e. The normalized spacial score (nSPS) is 22.6. The van der Waals surface area contributed by atoms with Gasteiger partial charge in [-0.15, -0.1) is 0 Å². The number of sulfonamides is 1. The zero-order valence-electron chi connectivity index (χ0n) is 10.4. The Morgan fingerprint density at radius 3 is 3.10 bits per heavy atom. The molecule has 108 valence electrons. The summed E-state index contributed by atoms with van der Waals surface area (Å²) >= 11 is 4.35. The van der Waals surface area contributed by atoms with Gasteiger partial charge < -0.3 is 4.74 Å². The summed E-state index contributed by atoms with van der Waals surface area (Å²) in [7, 11) is -3.56. The zero-order chi connectivity index (χ0) is 14.2. The Kier molecular flexibility index (Phi) is 4.04. The van der Waals surface area contributed by atoms with Gasteiger partial charge in [-0.2, -0.15) is 13.0 Å².